The Morgan fingerprint density at radius 2 is 1.58 bits per heavy atom. The maximum atomic E-state index is 13.2. The second-order valence-corrected chi connectivity index (χ2v) is 9.01. The Morgan fingerprint density at radius 1 is 0.972 bits per heavy atom. The Bertz CT molecular complexity index is 1160. The molecule has 4 amide bonds. The zero-order valence-electron chi connectivity index (χ0n) is 20.1. The van der Waals surface area contributed by atoms with E-state index in [1.807, 2.05) is 30.3 Å². The van der Waals surface area contributed by atoms with Crippen molar-refractivity contribution in [1.82, 2.24) is 15.1 Å². The van der Waals surface area contributed by atoms with Gasteiger partial charge in [-0.05, 0) is 31.0 Å². The van der Waals surface area contributed by atoms with Crippen molar-refractivity contribution in [1.29, 1.82) is 0 Å². The van der Waals surface area contributed by atoms with Crippen molar-refractivity contribution in [3.63, 3.8) is 0 Å². The first-order valence-electron chi connectivity index (χ1n) is 11.5. The van der Waals surface area contributed by atoms with E-state index in [-0.39, 0.29) is 37.4 Å². The van der Waals surface area contributed by atoms with E-state index >= 15 is 0 Å². The summed E-state index contributed by atoms with van der Waals surface area (Å²) >= 11 is 0. The van der Waals surface area contributed by atoms with Crippen molar-refractivity contribution >= 4 is 29.8 Å². The minimum absolute atomic E-state index is 0.0609. The monoisotopic (exact) mass is 493 g/mol. The van der Waals surface area contributed by atoms with Gasteiger partial charge in [-0.2, -0.15) is 0 Å². The van der Waals surface area contributed by atoms with E-state index in [0.29, 0.717) is 6.42 Å². The van der Waals surface area contributed by atoms with Crippen molar-refractivity contribution in [2.24, 2.45) is 5.92 Å². The molecule has 0 bridgehead atoms. The van der Waals surface area contributed by atoms with E-state index in [4.69, 9.17) is 9.47 Å². The molecule has 10 nitrogen and oxygen atoms in total. The smallest absolute Gasteiger partial charge is 0.408 e. The van der Waals surface area contributed by atoms with Gasteiger partial charge in [0, 0.05) is 19.6 Å². The van der Waals surface area contributed by atoms with Gasteiger partial charge in [-0.3, -0.25) is 24.1 Å². The lowest BCUT2D eigenvalue weighted by Gasteiger charge is -2.27. The van der Waals surface area contributed by atoms with Crippen molar-refractivity contribution in [3.8, 4) is 0 Å². The lowest BCUT2D eigenvalue weighted by molar-refractivity contribution is -0.147. The number of nitrogens with one attached hydrogen (secondary N) is 1. The highest BCUT2D eigenvalue weighted by Crippen LogP contribution is 2.27. The number of rotatable bonds is 8. The number of amides is 4. The van der Waals surface area contributed by atoms with Crippen molar-refractivity contribution < 1.29 is 33.4 Å². The molecule has 36 heavy (non-hydrogen) atoms. The number of methoxy groups -OCH3 is 1. The minimum atomic E-state index is -1.22. The SMILES string of the molecule is COC(=O)[C@H](CN1CC[C@@](C)(NC(=O)OCc2ccccc2)C1=O)CN1C(=O)c2ccccc2C1=O. The molecule has 1 saturated heterocycles. The molecule has 0 radical (unpaired) electrons. The third-order valence-electron chi connectivity index (χ3n) is 6.49. The highest BCUT2D eigenvalue weighted by atomic mass is 16.5. The van der Waals surface area contributed by atoms with Crippen LogP contribution >= 0.6 is 0 Å². The molecule has 2 aromatic carbocycles. The normalized spacial score (nSPS) is 19.8. The van der Waals surface area contributed by atoms with Gasteiger partial charge < -0.3 is 19.7 Å². The molecule has 0 aromatic heterocycles. The first kappa shape index (κ1) is 24.9. The summed E-state index contributed by atoms with van der Waals surface area (Å²) in [6.45, 7) is 1.62. The number of imide groups is 1. The summed E-state index contributed by atoms with van der Waals surface area (Å²) in [7, 11) is 1.21. The van der Waals surface area contributed by atoms with Gasteiger partial charge in [0.15, 0.2) is 0 Å². The second kappa shape index (κ2) is 10.2. The fourth-order valence-corrected chi connectivity index (χ4v) is 4.46. The molecule has 0 saturated carbocycles. The average molecular weight is 494 g/mol. The Morgan fingerprint density at radius 3 is 2.19 bits per heavy atom. The zero-order chi connectivity index (χ0) is 25.9. The summed E-state index contributed by atoms with van der Waals surface area (Å²) in [5.74, 6) is -2.98. The molecule has 0 aliphatic carbocycles. The van der Waals surface area contributed by atoms with Crippen molar-refractivity contribution in [2.75, 3.05) is 26.7 Å². The summed E-state index contributed by atoms with van der Waals surface area (Å²) in [5.41, 5.74) is 0.138. The van der Waals surface area contributed by atoms with Crippen LogP contribution in [0.25, 0.3) is 0 Å². The molecular formula is C26H27N3O7. The van der Waals surface area contributed by atoms with Crippen LogP contribution in [0.2, 0.25) is 0 Å². The Hall–Kier alpha value is -4.21. The summed E-state index contributed by atoms with van der Waals surface area (Å²) in [4.78, 5) is 66.0. The molecule has 1 N–H and O–H groups in total. The molecule has 188 valence electrons. The summed E-state index contributed by atoms with van der Waals surface area (Å²) in [6, 6.07) is 15.6. The number of alkyl carbamates (subject to hydrolysis) is 1. The van der Waals surface area contributed by atoms with Crippen LogP contribution in [0.1, 0.15) is 39.6 Å². The van der Waals surface area contributed by atoms with E-state index < -0.39 is 41.2 Å². The number of ether oxygens (including phenoxy) is 2. The molecular weight excluding hydrogens is 466 g/mol. The summed E-state index contributed by atoms with van der Waals surface area (Å²) in [6.07, 6.45) is -0.431. The molecule has 2 aromatic rings. The number of esters is 1. The van der Waals surface area contributed by atoms with Gasteiger partial charge in [0.1, 0.15) is 12.1 Å². The molecule has 2 aliphatic rings. The van der Waals surface area contributed by atoms with Gasteiger partial charge in [0.2, 0.25) is 5.91 Å². The lowest BCUT2D eigenvalue weighted by Crippen LogP contribution is -2.53. The molecule has 4 rings (SSSR count). The minimum Gasteiger partial charge on any atom is -0.469 e. The Kier molecular flexibility index (Phi) is 7.05. The van der Waals surface area contributed by atoms with Gasteiger partial charge in [-0.15, -0.1) is 0 Å². The lowest BCUT2D eigenvalue weighted by atomic mass is 10.0. The van der Waals surface area contributed by atoms with Crippen molar-refractivity contribution in [2.45, 2.75) is 25.5 Å². The van der Waals surface area contributed by atoms with E-state index in [9.17, 15) is 24.0 Å². The van der Waals surface area contributed by atoms with Crippen LogP contribution in [0.5, 0.6) is 0 Å². The first-order valence-corrected chi connectivity index (χ1v) is 11.5. The molecule has 0 spiro atoms. The van der Waals surface area contributed by atoms with Gasteiger partial charge in [0.05, 0.1) is 24.2 Å². The largest absolute Gasteiger partial charge is 0.469 e. The third kappa shape index (κ3) is 4.93. The third-order valence-corrected chi connectivity index (χ3v) is 6.49. The van der Waals surface area contributed by atoms with E-state index in [1.54, 1.807) is 31.2 Å². The number of benzene rings is 2. The van der Waals surface area contributed by atoms with Gasteiger partial charge in [-0.1, -0.05) is 42.5 Å². The highest BCUT2D eigenvalue weighted by Gasteiger charge is 2.46. The van der Waals surface area contributed by atoms with Crippen LogP contribution in [0.4, 0.5) is 4.79 Å². The molecule has 2 atom stereocenters. The van der Waals surface area contributed by atoms with E-state index in [0.717, 1.165) is 10.5 Å². The highest BCUT2D eigenvalue weighted by molar-refractivity contribution is 6.21. The van der Waals surface area contributed by atoms with Crippen molar-refractivity contribution in [3.05, 3.63) is 71.3 Å². The number of fused-ring (bicyclic) bond motifs is 1. The number of carbonyl (C=O) groups is 5. The number of hydrogen-bond acceptors (Lipinski definition) is 7. The van der Waals surface area contributed by atoms with E-state index in [2.05, 4.69) is 5.32 Å². The number of hydrogen-bond donors (Lipinski definition) is 1. The maximum absolute atomic E-state index is 13.2. The molecule has 1 fully saturated rings. The van der Waals surface area contributed by atoms with E-state index in [1.165, 1.54) is 12.0 Å². The predicted molar refractivity (Wildman–Crippen MR) is 127 cm³/mol. The average Bonchev–Trinajstić information content (AvgIpc) is 3.30. The Labute approximate surface area is 208 Å². The predicted octanol–water partition coefficient (Wildman–Crippen LogP) is 1.99. The number of likely N-dealkylation sites (tertiary alicyclic amines) is 1. The fraction of sp³-hybridized carbons (Fsp3) is 0.346. The van der Waals surface area contributed by atoms with Crippen LogP contribution in [-0.4, -0.2) is 71.9 Å². The quantitative estimate of drug-likeness (QED) is 0.441. The van der Waals surface area contributed by atoms with Crippen LogP contribution in [0, 0.1) is 5.92 Å². The zero-order valence-corrected chi connectivity index (χ0v) is 20.1. The van der Waals surface area contributed by atoms with Crippen LogP contribution in [-0.2, 0) is 25.7 Å². The molecule has 2 heterocycles. The van der Waals surface area contributed by atoms with Gasteiger partial charge in [-0.25, -0.2) is 4.79 Å². The summed E-state index contributed by atoms with van der Waals surface area (Å²) < 4.78 is 10.1. The maximum Gasteiger partial charge on any atom is 0.408 e. The fourth-order valence-electron chi connectivity index (χ4n) is 4.46. The number of nitrogens with zero attached hydrogens (tertiary/aromatic N) is 2. The standard InChI is InChI=1S/C26H27N3O7/c1-26(27-25(34)36-16-17-8-4-3-5-9-17)12-13-28(24(26)33)14-18(23(32)35-2)15-29-21(30)19-10-6-7-11-20(19)22(29)31/h3-11,18H,12-16H2,1-2H3,(H,27,34)/t18-,26-/m1/s1. The van der Waals surface area contributed by atoms with Gasteiger partial charge >= 0.3 is 12.1 Å². The van der Waals surface area contributed by atoms with Crippen LogP contribution in [0.15, 0.2) is 54.6 Å². The second-order valence-electron chi connectivity index (χ2n) is 9.01. The molecule has 10 heteroatoms. The first-order chi connectivity index (χ1) is 17.2. The summed E-state index contributed by atoms with van der Waals surface area (Å²) in [5, 5.41) is 2.63. The van der Waals surface area contributed by atoms with Crippen LogP contribution in [0.3, 0.4) is 0 Å². The van der Waals surface area contributed by atoms with Gasteiger partial charge in [0.25, 0.3) is 11.8 Å². The Balaban J connectivity index is 1.39. The number of carbonyl (C=O) groups excluding carboxylic acids is 5. The molecule has 0 unspecified atom stereocenters. The molecule has 2 aliphatic heterocycles. The topological polar surface area (TPSA) is 122 Å². The van der Waals surface area contributed by atoms with Crippen LogP contribution < -0.4 is 5.32 Å².